The minimum absolute atomic E-state index is 0.320. The molecule has 3 rings (SSSR count). The fourth-order valence-electron chi connectivity index (χ4n) is 4.74. The molecule has 0 aromatic heterocycles. The first-order chi connectivity index (χ1) is 9.14. The number of nitrogens with one attached hydrogen (secondary N) is 1. The Kier molecular flexibility index (Phi) is 3.89. The van der Waals surface area contributed by atoms with Gasteiger partial charge in [-0.05, 0) is 38.8 Å². The topological polar surface area (TPSA) is 24.5 Å². The third-order valence-electron chi connectivity index (χ3n) is 5.81. The van der Waals surface area contributed by atoms with Gasteiger partial charge < -0.3 is 10.1 Å². The first-order valence-electron chi connectivity index (χ1n) is 8.23. The summed E-state index contributed by atoms with van der Waals surface area (Å²) >= 11 is 0. The average Bonchev–Trinajstić information content (AvgIpc) is 2.86. The monoisotopic (exact) mass is 266 g/mol. The Morgan fingerprint density at radius 1 is 1.26 bits per heavy atom. The van der Waals surface area contributed by atoms with E-state index in [2.05, 4.69) is 31.0 Å². The number of nitrogens with zero attached hydrogens (tertiary/aromatic N) is 1. The van der Waals surface area contributed by atoms with Crippen LogP contribution in [0, 0.1) is 11.3 Å². The lowest BCUT2D eigenvalue weighted by Crippen LogP contribution is -2.70. The van der Waals surface area contributed by atoms with E-state index in [1.54, 1.807) is 0 Å². The van der Waals surface area contributed by atoms with Crippen LogP contribution in [0.25, 0.3) is 0 Å². The van der Waals surface area contributed by atoms with Crippen molar-refractivity contribution in [3.63, 3.8) is 0 Å². The molecule has 0 amide bonds. The molecule has 1 aliphatic carbocycles. The molecule has 19 heavy (non-hydrogen) atoms. The highest BCUT2D eigenvalue weighted by Gasteiger charge is 2.57. The van der Waals surface area contributed by atoms with Crippen molar-refractivity contribution in [2.75, 3.05) is 26.2 Å². The van der Waals surface area contributed by atoms with Crippen LogP contribution in [0.2, 0.25) is 0 Å². The molecule has 4 unspecified atom stereocenters. The lowest BCUT2D eigenvalue weighted by molar-refractivity contribution is -0.192. The SMILES string of the molecule is CCN1CCCC1CNC1C2CCCOC2C1(C)C. The molecule has 3 aliphatic rings. The molecule has 3 fully saturated rings. The maximum Gasteiger partial charge on any atom is 0.0684 e. The highest BCUT2D eigenvalue weighted by molar-refractivity contribution is 5.10. The van der Waals surface area contributed by atoms with Gasteiger partial charge in [-0.1, -0.05) is 20.8 Å². The summed E-state index contributed by atoms with van der Waals surface area (Å²) in [5.41, 5.74) is 0.320. The van der Waals surface area contributed by atoms with E-state index in [9.17, 15) is 0 Å². The zero-order valence-corrected chi connectivity index (χ0v) is 12.8. The van der Waals surface area contributed by atoms with Gasteiger partial charge in [-0.2, -0.15) is 0 Å². The van der Waals surface area contributed by atoms with Crippen LogP contribution in [-0.4, -0.2) is 49.3 Å². The van der Waals surface area contributed by atoms with Crippen LogP contribution in [0.3, 0.4) is 0 Å². The van der Waals surface area contributed by atoms with Gasteiger partial charge in [0.05, 0.1) is 6.10 Å². The summed E-state index contributed by atoms with van der Waals surface area (Å²) in [4.78, 5) is 2.63. The summed E-state index contributed by atoms with van der Waals surface area (Å²) in [6.07, 6.45) is 5.86. The summed E-state index contributed by atoms with van der Waals surface area (Å²) in [5, 5.41) is 3.89. The summed E-state index contributed by atoms with van der Waals surface area (Å²) in [7, 11) is 0. The van der Waals surface area contributed by atoms with E-state index in [4.69, 9.17) is 4.74 Å². The Morgan fingerprint density at radius 3 is 2.89 bits per heavy atom. The lowest BCUT2D eigenvalue weighted by atomic mass is 9.55. The minimum Gasteiger partial charge on any atom is -0.377 e. The second kappa shape index (κ2) is 5.34. The Balaban J connectivity index is 1.55. The molecular weight excluding hydrogens is 236 g/mol. The summed E-state index contributed by atoms with van der Waals surface area (Å²) in [6, 6.07) is 1.43. The molecule has 0 radical (unpaired) electrons. The van der Waals surface area contributed by atoms with E-state index in [0.29, 0.717) is 17.6 Å². The quantitative estimate of drug-likeness (QED) is 0.845. The fraction of sp³-hybridized carbons (Fsp3) is 1.00. The van der Waals surface area contributed by atoms with Crippen molar-refractivity contribution in [3.8, 4) is 0 Å². The van der Waals surface area contributed by atoms with E-state index >= 15 is 0 Å². The van der Waals surface area contributed by atoms with E-state index in [1.807, 2.05) is 0 Å². The molecule has 0 aromatic carbocycles. The molecule has 1 saturated carbocycles. The van der Waals surface area contributed by atoms with Gasteiger partial charge in [0.15, 0.2) is 0 Å². The second-order valence-electron chi connectivity index (χ2n) is 7.23. The van der Waals surface area contributed by atoms with Gasteiger partial charge in [0.2, 0.25) is 0 Å². The molecule has 0 bridgehead atoms. The van der Waals surface area contributed by atoms with Gasteiger partial charge in [0.25, 0.3) is 0 Å². The number of fused-ring (bicyclic) bond motifs is 1. The van der Waals surface area contributed by atoms with Crippen molar-refractivity contribution in [1.29, 1.82) is 0 Å². The van der Waals surface area contributed by atoms with E-state index in [1.165, 1.54) is 45.3 Å². The van der Waals surface area contributed by atoms with Crippen molar-refractivity contribution in [2.45, 2.75) is 64.6 Å². The fourth-order valence-corrected chi connectivity index (χ4v) is 4.74. The third kappa shape index (κ3) is 2.34. The Labute approximate surface area is 118 Å². The molecule has 3 heteroatoms. The van der Waals surface area contributed by atoms with Gasteiger partial charge in [-0.25, -0.2) is 0 Å². The zero-order chi connectivity index (χ0) is 13.5. The van der Waals surface area contributed by atoms with Gasteiger partial charge >= 0.3 is 0 Å². The van der Waals surface area contributed by atoms with E-state index in [0.717, 1.165) is 18.6 Å². The largest absolute Gasteiger partial charge is 0.377 e. The van der Waals surface area contributed by atoms with E-state index in [-0.39, 0.29) is 0 Å². The Bertz CT molecular complexity index is 318. The molecule has 0 spiro atoms. The number of hydrogen-bond acceptors (Lipinski definition) is 3. The first-order valence-corrected chi connectivity index (χ1v) is 8.23. The van der Waals surface area contributed by atoms with Gasteiger partial charge in [0, 0.05) is 36.6 Å². The molecule has 1 N–H and O–H groups in total. The average molecular weight is 266 g/mol. The number of hydrogen-bond donors (Lipinski definition) is 1. The van der Waals surface area contributed by atoms with Crippen LogP contribution in [0.15, 0.2) is 0 Å². The van der Waals surface area contributed by atoms with Crippen LogP contribution in [-0.2, 0) is 4.74 Å². The number of ether oxygens (including phenoxy) is 1. The van der Waals surface area contributed by atoms with Crippen LogP contribution < -0.4 is 5.32 Å². The molecule has 4 atom stereocenters. The van der Waals surface area contributed by atoms with Crippen molar-refractivity contribution in [1.82, 2.24) is 10.2 Å². The summed E-state index contributed by atoms with van der Waals surface area (Å²) in [6.45, 7) is 11.7. The van der Waals surface area contributed by atoms with Gasteiger partial charge in [0.1, 0.15) is 0 Å². The summed E-state index contributed by atoms with van der Waals surface area (Å²) in [5.74, 6) is 0.764. The third-order valence-corrected chi connectivity index (χ3v) is 5.81. The molecule has 2 saturated heterocycles. The normalized spacial score (nSPS) is 41.8. The molecule has 110 valence electrons. The van der Waals surface area contributed by atoms with Gasteiger partial charge in [-0.3, -0.25) is 4.90 Å². The van der Waals surface area contributed by atoms with Crippen molar-refractivity contribution in [2.24, 2.45) is 11.3 Å². The number of likely N-dealkylation sites (N-methyl/N-ethyl adjacent to an activating group) is 1. The van der Waals surface area contributed by atoms with Gasteiger partial charge in [-0.15, -0.1) is 0 Å². The highest BCUT2D eigenvalue weighted by Crippen LogP contribution is 2.51. The standard InChI is InChI=1S/C16H30N2O/c1-4-18-9-5-7-12(18)11-17-14-13-8-6-10-19-15(13)16(14,2)3/h12-15,17H,4-11H2,1-3H3. The van der Waals surface area contributed by atoms with Crippen molar-refractivity contribution < 1.29 is 4.74 Å². The molecule has 0 aromatic rings. The van der Waals surface area contributed by atoms with Crippen molar-refractivity contribution in [3.05, 3.63) is 0 Å². The van der Waals surface area contributed by atoms with Crippen LogP contribution in [0.4, 0.5) is 0 Å². The van der Waals surface area contributed by atoms with E-state index < -0.39 is 0 Å². The molecular formula is C16H30N2O. The van der Waals surface area contributed by atoms with Crippen LogP contribution in [0.5, 0.6) is 0 Å². The molecule has 2 aliphatic heterocycles. The zero-order valence-electron chi connectivity index (χ0n) is 12.8. The maximum atomic E-state index is 5.99. The lowest BCUT2D eigenvalue weighted by Gasteiger charge is -2.60. The number of likely N-dealkylation sites (tertiary alicyclic amines) is 1. The van der Waals surface area contributed by atoms with Crippen LogP contribution >= 0.6 is 0 Å². The smallest absolute Gasteiger partial charge is 0.0684 e. The maximum absolute atomic E-state index is 5.99. The highest BCUT2D eigenvalue weighted by atomic mass is 16.5. The molecule has 3 nitrogen and oxygen atoms in total. The first kappa shape index (κ1) is 13.8. The Morgan fingerprint density at radius 2 is 2.11 bits per heavy atom. The number of rotatable bonds is 4. The van der Waals surface area contributed by atoms with Crippen LogP contribution in [0.1, 0.15) is 46.5 Å². The second-order valence-corrected chi connectivity index (χ2v) is 7.23. The minimum atomic E-state index is 0.320. The van der Waals surface area contributed by atoms with Crippen molar-refractivity contribution >= 4 is 0 Å². The molecule has 2 heterocycles. The predicted octanol–water partition coefficient (Wildman–Crippen LogP) is 2.26. The Hall–Kier alpha value is -0.120. The predicted molar refractivity (Wildman–Crippen MR) is 78.3 cm³/mol. The summed E-state index contributed by atoms with van der Waals surface area (Å²) < 4.78 is 5.99.